The van der Waals surface area contributed by atoms with Crippen LogP contribution in [0.3, 0.4) is 0 Å². The van der Waals surface area contributed by atoms with Gasteiger partial charge in [0.2, 0.25) is 5.28 Å². The Hall–Kier alpha value is -1.45. The summed E-state index contributed by atoms with van der Waals surface area (Å²) in [5.41, 5.74) is 5.09. The Balaban J connectivity index is 2.43. The Bertz CT molecular complexity index is 772. The molecule has 6 nitrogen and oxygen atoms in total. The van der Waals surface area contributed by atoms with E-state index in [0.717, 1.165) is 12.1 Å². The maximum absolute atomic E-state index is 13.2. The molecule has 0 unspecified atom stereocenters. The van der Waals surface area contributed by atoms with Crippen molar-refractivity contribution in [2.75, 3.05) is 10.5 Å². The largest absolute Gasteiger partial charge is 0.396 e. The van der Waals surface area contributed by atoms with Gasteiger partial charge >= 0.3 is 0 Å². The number of aromatic nitrogens is 2. The van der Waals surface area contributed by atoms with Crippen molar-refractivity contribution >= 4 is 49.1 Å². The summed E-state index contributed by atoms with van der Waals surface area (Å²) in [5.74, 6) is -0.735. The molecule has 0 saturated carbocycles. The fourth-order valence-corrected chi connectivity index (χ4v) is 3.53. The van der Waals surface area contributed by atoms with Crippen molar-refractivity contribution < 1.29 is 12.8 Å². The number of benzene rings is 1. The first-order chi connectivity index (χ1) is 9.29. The lowest BCUT2D eigenvalue weighted by atomic mass is 10.3. The van der Waals surface area contributed by atoms with Gasteiger partial charge in [0.05, 0.1) is 5.69 Å². The molecule has 0 atom stereocenters. The number of hydrogen-bond donors (Lipinski definition) is 2. The van der Waals surface area contributed by atoms with Gasteiger partial charge in [0.15, 0.2) is 0 Å². The minimum atomic E-state index is -3.99. The van der Waals surface area contributed by atoms with Gasteiger partial charge in [0.1, 0.15) is 16.5 Å². The van der Waals surface area contributed by atoms with Crippen LogP contribution < -0.4 is 10.5 Å². The molecule has 0 saturated heterocycles. The van der Waals surface area contributed by atoms with E-state index < -0.39 is 15.8 Å². The third kappa shape index (κ3) is 3.17. The van der Waals surface area contributed by atoms with E-state index >= 15 is 0 Å². The van der Waals surface area contributed by atoms with Crippen molar-refractivity contribution in [3.8, 4) is 0 Å². The highest BCUT2D eigenvalue weighted by Gasteiger charge is 2.20. The molecule has 0 spiro atoms. The van der Waals surface area contributed by atoms with Gasteiger partial charge in [0.25, 0.3) is 10.0 Å². The third-order valence-corrected chi connectivity index (χ3v) is 4.70. The molecular weight excluding hydrogens is 375 g/mol. The molecule has 0 bridgehead atoms. The van der Waals surface area contributed by atoms with E-state index in [1.807, 2.05) is 0 Å². The second-order valence-electron chi connectivity index (χ2n) is 3.62. The molecule has 1 aromatic heterocycles. The molecule has 2 rings (SSSR count). The summed E-state index contributed by atoms with van der Waals surface area (Å²) < 4.78 is 39.8. The Morgan fingerprint density at radius 1 is 1.40 bits per heavy atom. The van der Waals surface area contributed by atoms with Crippen molar-refractivity contribution in [2.24, 2.45) is 0 Å². The second-order valence-corrected chi connectivity index (χ2v) is 6.46. The van der Waals surface area contributed by atoms with Crippen LogP contribution in [0.1, 0.15) is 0 Å². The van der Waals surface area contributed by atoms with Gasteiger partial charge in [-0.2, -0.15) is 4.98 Å². The number of sulfonamides is 1. The molecule has 1 heterocycles. The SMILES string of the molecule is Nc1cc(S(=O)(=O)Nc2ccnc(Cl)n2)c(Br)cc1F. The molecule has 0 fully saturated rings. The Labute approximate surface area is 127 Å². The van der Waals surface area contributed by atoms with Crippen LogP contribution in [0.2, 0.25) is 5.28 Å². The average Bonchev–Trinajstić information content (AvgIpc) is 2.33. The topological polar surface area (TPSA) is 98.0 Å². The van der Waals surface area contributed by atoms with E-state index in [9.17, 15) is 12.8 Å². The van der Waals surface area contributed by atoms with Gasteiger partial charge in [-0.15, -0.1) is 0 Å². The smallest absolute Gasteiger partial charge is 0.264 e. The van der Waals surface area contributed by atoms with Crippen LogP contribution >= 0.6 is 27.5 Å². The van der Waals surface area contributed by atoms with Gasteiger partial charge in [-0.25, -0.2) is 17.8 Å². The van der Waals surface area contributed by atoms with Crippen molar-refractivity contribution in [3.63, 3.8) is 0 Å². The maximum atomic E-state index is 13.2. The number of nitrogens with one attached hydrogen (secondary N) is 1. The predicted molar refractivity (Wildman–Crippen MR) is 76.4 cm³/mol. The van der Waals surface area contributed by atoms with E-state index in [0.29, 0.717) is 0 Å². The van der Waals surface area contributed by atoms with Crippen LogP contribution in [0.25, 0.3) is 0 Å². The highest BCUT2D eigenvalue weighted by molar-refractivity contribution is 9.10. The van der Waals surface area contributed by atoms with E-state index in [4.69, 9.17) is 17.3 Å². The summed E-state index contributed by atoms with van der Waals surface area (Å²) in [7, 11) is -3.99. The van der Waals surface area contributed by atoms with Crippen LogP contribution in [0.15, 0.2) is 33.8 Å². The molecule has 106 valence electrons. The van der Waals surface area contributed by atoms with Crippen LogP contribution in [0, 0.1) is 5.82 Å². The first kappa shape index (κ1) is 14.9. The molecule has 0 amide bonds. The predicted octanol–water partition coefficient (Wildman–Crippen LogP) is 2.41. The zero-order valence-corrected chi connectivity index (χ0v) is 12.8. The average molecular weight is 382 g/mol. The molecule has 3 N–H and O–H groups in total. The second kappa shape index (κ2) is 5.51. The van der Waals surface area contributed by atoms with Crippen LogP contribution in [-0.2, 0) is 10.0 Å². The lowest BCUT2D eigenvalue weighted by molar-refractivity contribution is 0.599. The summed E-state index contributed by atoms with van der Waals surface area (Å²) in [4.78, 5) is 7.11. The molecular formula is C10H7BrClFN4O2S. The number of nitrogens with two attached hydrogens (primary N) is 1. The normalized spacial score (nSPS) is 11.3. The fraction of sp³-hybridized carbons (Fsp3) is 0. The summed E-state index contributed by atoms with van der Waals surface area (Å²) >= 11 is 8.53. The number of anilines is 2. The first-order valence-electron chi connectivity index (χ1n) is 5.05. The highest BCUT2D eigenvalue weighted by Crippen LogP contribution is 2.28. The van der Waals surface area contributed by atoms with Crippen LogP contribution in [0.4, 0.5) is 15.9 Å². The number of rotatable bonds is 3. The molecule has 20 heavy (non-hydrogen) atoms. The van der Waals surface area contributed by atoms with Crippen molar-refractivity contribution in [3.05, 3.63) is 40.0 Å². The Morgan fingerprint density at radius 3 is 2.75 bits per heavy atom. The minimum Gasteiger partial charge on any atom is -0.396 e. The molecule has 10 heteroatoms. The van der Waals surface area contributed by atoms with Gasteiger partial charge in [-0.3, -0.25) is 4.72 Å². The van der Waals surface area contributed by atoms with Gasteiger partial charge < -0.3 is 5.73 Å². The van der Waals surface area contributed by atoms with Crippen molar-refractivity contribution in [1.82, 2.24) is 9.97 Å². The minimum absolute atomic E-state index is 0.0141. The van der Waals surface area contributed by atoms with E-state index in [2.05, 4.69) is 30.6 Å². The van der Waals surface area contributed by atoms with E-state index in [1.165, 1.54) is 12.3 Å². The summed E-state index contributed by atoms with van der Waals surface area (Å²) in [6, 6.07) is 3.30. The molecule has 0 aliphatic carbocycles. The number of halogens is 3. The summed E-state index contributed by atoms with van der Waals surface area (Å²) in [5, 5.41) is -0.108. The summed E-state index contributed by atoms with van der Waals surface area (Å²) in [6.45, 7) is 0. The van der Waals surface area contributed by atoms with E-state index in [-0.39, 0.29) is 26.2 Å². The number of hydrogen-bond acceptors (Lipinski definition) is 5. The Kier molecular flexibility index (Phi) is 4.11. The van der Waals surface area contributed by atoms with Gasteiger partial charge in [-0.05, 0) is 45.7 Å². The molecule has 2 aromatic rings. The highest BCUT2D eigenvalue weighted by atomic mass is 79.9. The fourth-order valence-electron chi connectivity index (χ4n) is 1.34. The lowest BCUT2D eigenvalue weighted by Crippen LogP contribution is -2.15. The standard InChI is InChI=1S/C10H7BrClFN4O2S/c11-5-3-6(13)7(14)4-8(5)20(18,19)17-9-1-2-15-10(12)16-9/h1-4H,14H2,(H,15,16,17). The molecule has 0 aliphatic heterocycles. The van der Waals surface area contributed by atoms with Gasteiger partial charge in [0, 0.05) is 10.7 Å². The lowest BCUT2D eigenvalue weighted by Gasteiger charge is -2.10. The zero-order valence-electron chi connectivity index (χ0n) is 9.64. The van der Waals surface area contributed by atoms with Crippen LogP contribution in [-0.4, -0.2) is 18.4 Å². The van der Waals surface area contributed by atoms with Crippen LogP contribution in [0.5, 0.6) is 0 Å². The summed E-state index contributed by atoms with van der Waals surface area (Å²) in [6.07, 6.45) is 1.29. The molecule has 0 radical (unpaired) electrons. The number of nitrogen functional groups attached to an aromatic ring is 1. The quantitative estimate of drug-likeness (QED) is 0.628. The van der Waals surface area contributed by atoms with E-state index in [1.54, 1.807) is 0 Å². The zero-order chi connectivity index (χ0) is 14.9. The van der Waals surface area contributed by atoms with Crippen molar-refractivity contribution in [2.45, 2.75) is 4.90 Å². The monoisotopic (exact) mass is 380 g/mol. The Morgan fingerprint density at radius 2 is 2.10 bits per heavy atom. The van der Waals surface area contributed by atoms with Gasteiger partial charge in [-0.1, -0.05) is 0 Å². The third-order valence-electron chi connectivity index (χ3n) is 2.21. The first-order valence-corrected chi connectivity index (χ1v) is 7.71. The molecule has 1 aromatic carbocycles. The maximum Gasteiger partial charge on any atom is 0.264 e. The molecule has 0 aliphatic rings. The number of nitrogens with zero attached hydrogens (tertiary/aromatic N) is 2. The van der Waals surface area contributed by atoms with Crippen molar-refractivity contribution in [1.29, 1.82) is 0 Å².